The minimum absolute atomic E-state index is 0.244. The zero-order valence-corrected chi connectivity index (χ0v) is 19.0. The lowest BCUT2D eigenvalue weighted by molar-refractivity contribution is -0.0379. The number of hydrogen-bond donors (Lipinski definition) is 0. The molecular formula is C23H19ClN4O3S. The van der Waals surface area contributed by atoms with Gasteiger partial charge in [0.05, 0.1) is 30.4 Å². The van der Waals surface area contributed by atoms with E-state index in [9.17, 15) is 4.79 Å². The first kappa shape index (κ1) is 19.7. The van der Waals surface area contributed by atoms with Crippen LogP contribution in [0, 0.1) is 0 Å². The van der Waals surface area contributed by atoms with Gasteiger partial charge in [-0.25, -0.2) is 9.78 Å². The summed E-state index contributed by atoms with van der Waals surface area (Å²) in [4.78, 5) is 20.3. The first-order valence-electron chi connectivity index (χ1n) is 10.3. The van der Waals surface area contributed by atoms with Gasteiger partial charge in [0.2, 0.25) is 5.82 Å². The Morgan fingerprint density at radius 1 is 1.22 bits per heavy atom. The molecule has 0 spiro atoms. The van der Waals surface area contributed by atoms with Crippen molar-refractivity contribution in [3.05, 3.63) is 74.2 Å². The molecule has 0 amide bonds. The molecule has 1 aliphatic rings. The minimum atomic E-state index is -0.293. The quantitative estimate of drug-likeness (QED) is 0.377. The van der Waals surface area contributed by atoms with Crippen LogP contribution in [0.5, 0.6) is 0 Å². The predicted octanol–water partition coefficient (Wildman–Crippen LogP) is 4.92. The second-order valence-electron chi connectivity index (χ2n) is 8.55. The third-order valence-electron chi connectivity index (χ3n) is 5.75. The molecule has 32 heavy (non-hydrogen) atoms. The first-order valence-corrected chi connectivity index (χ1v) is 11.5. The summed E-state index contributed by atoms with van der Waals surface area (Å²) in [7, 11) is 0. The molecule has 1 aromatic carbocycles. The van der Waals surface area contributed by atoms with Crippen LogP contribution in [0.2, 0.25) is 5.02 Å². The Labute approximate surface area is 191 Å². The van der Waals surface area contributed by atoms with Crippen LogP contribution in [0.15, 0.2) is 51.9 Å². The van der Waals surface area contributed by atoms with Gasteiger partial charge < -0.3 is 9.15 Å². The van der Waals surface area contributed by atoms with Gasteiger partial charge in [-0.3, -0.25) is 4.57 Å². The molecule has 0 saturated heterocycles. The highest BCUT2D eigenvalue weighted by atomic mass is 35.5. The summed E-state index contributed by atoms with van der Waals surface area (Å²) in [6, 6.07) is 11.1. The number of benzene rings is 1. The van der Waals surface area contributed by atoms with Crippen molar-refractivity contribution in [1.29, 1.82) is 0 Å². The largest absolute Gasteiger partial charge is 0.461 e. The highest BCUT2D eigenvalue weighted by Gasteiger charge is 2.32. The molecule has 7 nitrogen and oxygen atoms in total. The standard InChI is InChI=1S/C23H19ClN4O3S/c1-23(2)10-15-17(12-31-23)32-21-18(15)20-25-19(16-4-3-9-30-16)26-28(20)22(29)27(21)11-13-5-7-14(24)8-6-13/h3-9H,10-12H2,1-2H3. The molecule has 0 bridgehead atoms. The number of nitrogens with zero attached hydrogens (tertiary/aromatic N) is 4. The van der Waals surface area contributed by atoms with E-state index >= 15 is 0 Å². The molecular weight excluding hydrogens is 448 g/mol. The molecule has 0 N–H and O–H groups in total. The zero-order chi connectivity index (χ0) is 22.0. The Bertz CT molecular complexity index is 1530. The molecule has 1 aliphatic heterocycles. The van der Waals surface area contributed by atoms with Crippen molar-refractivity contribution >= 4 is 38.8 Å². The van der Waals surface area contributed by atoms with Crippen molar-refractivity contribution in [1.82, 2.24) is 19.2 Å². The molecule has 0 unspecified atom stereocenters. The Morgan fingerprint density at radius 3 is 2.78 bits per heavy atom. The van der Waals surface area contributed by atoms with Gasteiger partial charge in [0.1, 0.15) is 4.83 Å². The second-order valence-corrected chi connectivity index (χ2v) is 10.1. The van der Waals surface area contributed by atoms with Gasteiger partial charge in [-0.05, 0) is 49.2 Å². The molecule has 5 heterocycles. The maximum absolute atomic E-state index is 13.6. The number of hydrogen-bond acceptors (Lipinski definition) is 6. The van der Waals surface area contributed by atoms with E-state index in [4.69, 9.17) is 25.7 Å². The summed E-state index contributed by atoms with van der Waals surface area (Å²) in [6.45, 7) is 5.08. The first-order chi connectivity index (χ1) is 15.4. The average molecular weight is 467 g/mol. The van der Waals surface area contributed by atoms with Crippen LogP contribution in [0.3, 0.4) is 0 Å². The van der Waals surface area contributed by atoms with E-state index in [1.807, 2.05) is 24.3 Å². The smallest absolute Gasteiger partial charge is 0.352 e. The number of ether oxygens (including phenoxy) is 1. The maximum atomic E-state index is 13.6. The van der Waals surface area contributed by atoms with Crippen molar-refractivity contribution in [2.24, 2.45) is 0 Å². The maximum Gasteiger partial charge on any atom is 0.352 e. The third-order valence-corrected chi connectivity index (χ3v) is 7.23. The monoisotopic (exact) mass is 466 g/mol. The van der Waals surface area contributed by atoms with E-state index in [0.717, 1.165) is 27.1 Å². The third kappa shape index (κ3) is 3.09. The van der Waals surface area contributed by atoms with E-state index in [-0.39, 0.29) is 11.3 Å². The van der Waals surface area contributed by atoms with Crippen molar-refractivity contribution in [3.8, 4) is 11.6 Å². The van der Waals surface area contributed by atoms with Crippen LogP contribution in [0.1, 0.15) is 29.9 Å². The lowest BCUT2D eigenvalue weighted by Crippen LogP contribution is -2.31. The molecule has 0 saturated carbocycles. The van der Waals surface area contributed by atoms with Crippen molar-refractivity contribution < 1.29 is 9.15 Å². The summed E-state index contributed by atoms with van der Waals surface area (Å²) in [5.41, 5.74) is 2.17. The predicted molar refractivity (Wildman–Crippen MR) is 123 cm³/mol. The molecule has 162 valence electrons. The number of aromatic nitrogens is 4. The van der Waals surface area contributed by atoms with Gasteiger partial charge in [0, 0.05) is 16.3 Å². The number of rotatable bonds is 3. The molecule has 6 rings (SSSR count). The Hall–Kier alpha value is -2.94. The van der Waals surface area contributed by atoms with Crippen LogP contribution < -0.4 is 5.69 Å². The van der Waals surface area contributed by atoms with Crippen LogP contribution >= 0.6 is 22.9 Å². The summed E-state index contributed by atoms with van der Waals surface area (Å²) < 4.78 is 14.7. The van der Waals surface area contributed by atoms with Gasteiger partial charge in [-0.15, -0.1) is 16.4 Å². The van der Waals surface area contributed by atoms with E-state index in [0.29, 0.717) is 35.4 Å². The molecule has 4 aromatic heterocycles. The highest BCUT2D eigenvalue weighted by Crippen LogP contribution is 2.40. The second kappa shape index (κ2) is 7.03. The fourth-order valence-corrected chi connectivity index (χ4v) is 5.53. The van der Waals surface area contributed by atoms with E-state index in [1.54, 1.807) is 34.3 Å². The van der Waals surface area contributed by atoms with Gasteiger partial charge in [0.15, 0.2) is 11.4 Å². The summed E-state index contributed by atoms with van der Waals surface area (Å²) in [5.74, 6) is 0.919. The van der Waals surface area contributed by atoms with Crippen molar-refractivity contribution in [3.63, 3.8) is 0 Å². The van der Waals surface area contributed by atoms with Crippen LogP contribution in [-0.2, 0) is 24.3 Å². The summed E-state index contributed by atoms with van der Waals surface area (Å²) in [6.07, 6.45) is 2.31. The van der Waals surface area contributed by atoms with Crippen LogP contribution in [-0.4, -0.2) is 24.8 Å². The lowest BCUT2D eigenvalue weighted by Gasteiger charge is -2.30. The number of halogens is 1. The number of fused-ring (bicyclic) bond motifs is 5. The lowest BCUT2D eigenvalue weighted by atomic mass is 9.94. The van der Waals surface area contributed by atoms with Gasteiger partial charge in [-0.2, -0.15) is 4.52 Å². The topological polar surface area (TPSA) is 74.6 Å². The molecule has 9 heteroatoms. The average Bonchev–Trinajstić information content (AvgIpc) is 3.49. The van der Waals surface area contributed by atoms with Crippen LogP contribution in [0.25, 0.3) is 27.4 Å². The van der Waals surface area contributed by atoms with Gasteiger partial charge in [-0.1, -0.05) is 23.7 Å². The minimum Gasteiger partial charge on any atom is -0.461 e. The van der Waals surface area contributed by atoms with Gasteiger partial charge >= 0.3 is 5.69 Å². The highest BCUT2D eigenvalue weighted by molar-refractivity contribution is 7.19. The molecule has 0 aliphatic carbocycles. The fourth-order valence-electron chi connectivity index (χ4n) is 4.19. The Kier molecular flexibility index (Phi) is 4.33. The Morgan fingerprint density at radius 2 is 2.03 bits per heavy atom. The van der Waals surface area contributed by atoms with Crippen molar-refractivity contribution in [2.45, 2.75) is 39.0 Å². The summed E-state index contributed by atoms with van der Waals surface area (Å²) >= 11 is 7.65. The molecule has 0 fully saturated rings. The van der Waals surface area contributed by atoms with Gasteiger partial charge in [0.25, 0.3) is 0 Å². The number of furan rings is 1. The summed E-state index contributed by atoms with van der Waals surface area (Å²) in [5, 5.41) is 6.13. The van der Waals surface area contributed by atoms with E-state index in [2.05, 4.69) is 18.9 Å². The van der Waals surface area contributed by atoms with Crippen molar-refractivity contribution in [2.75, 3.05) is 0 Å². The van der Waals surface area contributed by atoms with Crippen LogP contribution in [0.4, 0.5) is 0 Å². The fraction of sp³-hybridized carbons (Fsp3) is 0.261. The Balaban J connectivity index is 1.66. The molecule has 0 atom stereocenters. The zero-order valence-electron chi connectivity index (χ0n) is 17.5. The molecule has 5 aromatic rings. The number of thiophene rings is 1. The normalized spacial score (nSPS) is 15.5. The van der Waals surface area contributed by atoms with E-state index in [1.165, 1.54) is 10.1 Å². The molecule has 0 radical (unpaired) electrons. The van der Waals surface area contributed by atoms with E-state index < -0.39 is 0 Å². The SMILES string of the molecule is CC1(C)Cc2c(sc3c2c2nc(-c4ccco4)nn2c(=O)n3Cc2ccc(Cl)cc2)CO1.